The van der Waals surface area contributed by atoms with Gasteiger partial charge in [0.15, 0.2) is 0 Å². The van der Waals surface area contributed by atoms with Gasteiger partial charge in [-0.25, -0.2) is 4.79 Å². The van der Waals surface area contributed by atoms with E-state index in [1.54, 1.807) is 13.0 Å². The molecule has 0 aromatic carbocycles. The van der Waals surface area contributed by atoms with Crippen LogP contribution in [0.4, 0.5) is 5.00 Å². The lowest BCUT2D eigenvalue weighted by Gasteiger charge is -2.19. The molecule has 0 atom stereocenters. The van der Waals surface area contributed by atoms with Crippen molar-refractivity contribution in [3.8, 4) is 10.8 Å². The van der Waals surface area contributed by atoms with E-state index in [2.05, 4.69) is 15.5 Å². The van der Waals surface area contributed by atoms with Crippen molar-refractivity contribution in [2.75, 3.05) is 25.0 Å². The highest BCUT2D eigenvalue weighted by molar-refractivity contribution is 7.16. The maximum absolute atomic E-state index is 12.7. The number of hydrogen-bond acceptors (Lipinski definition) is 9. The highest BCUT2D eigenvalue weighted by atomic mass is 32.1. The molecular weight excluding hydrogens is 436 g/mol. The second kappa shape index (κ2) is 11.2. The van der Waals surface area contributed by atoms with E-state index in [9.17, 15) is 9.59 Å². The first kappa shape index (κ1) is 23.1. The van der Waals surface area contributed by atoms with Gasteiger partial charge in [0.2, 0.25) is 11.8 Å². The van der Waals surface area contributed by atoms with Crippen molar-refractivity contribution in [3.05, 3.63) is 39.9 Å². The lowest BCUT2D eigenvalue weighted by Crippen LogP contribution is -2.33. The summed E-state index contributed by atoms with van der Waals surface area (Å²) in [5.74, 6) is 0.310. The number of nitrogens with one attached hydrogen (secondary N) is 1. The van der Waals surface area contributed by atoms with Crippen molar-refractivity contribution < 1.29 is 18.7 Å². The zero-order valence-electron chi connectivity index (χ0n) is 17.8. The smallest absolute Gasteiger partial charge is 0.341 e. The lowest BCUT2D eigenvalue weighted by atomic mass is 10.2. The Hall–Kier alpha value is -2.56. The average Bonchev–Trinajstić information content (AvgIpc) is 3.49. The molecule has 0 saturated heterocycles. The average molecular weight is 463 g/mol. The van der Waals surface area contributed by atoms with Crippen molar-refractivity contribution >= 4 is 39.6 Å². The predicted molar refractivity (Wildman–Crippen MR) is 121 cm³/mol. The van der Waals surface area contributed by atoms with E-state index in [0.29, 0.717) is 35.4 Å². The molecule has 1 N–H and O–H groups in total. The maximum atomic E-state index is 12.7. The van der Waals surface area contributed by atoms with E-state index in [1.165, 1.54) is 22.7 Å². The number of aryl methyl sites for hydroxylation is 1. The summed E-state index contributed by atoms with van der Waals surface area (Å²) in [5, 5.41) is 13.6. The number of aromatic nitrogens is 2. The molecule has 3 heterocycles. The number of hydrogen-bond donors (Lipinski definition) is 1. The Morgan fingerprint density at radius 1 is 1.26 bits per heavy atom. The molecule has 8 nitrogen and oxygen atoms in total. The number of esters is 1. The Morgan fingerprint density at radius 2 is 2.10 bits per heavy atom. The topological polar surface area (TPSA) is 97.6 Å². The Morgan fingerprint density at radius 3 is 2.77 bits per heavy atom. The minimum absolute atomic E-state index is 0.145. The fraction of sp³-hybridized carbons (Fsp3) is 0.429. The van der Waals surface area contributed by atoms with E-state index in [-0.39, 0.29) is 19.1 Å². The van der Waals surface area contributed by atoms with Crippen LogP contribution in [0.1, 0.15) is 48.3 Å². The molecule has 10 heteroatoms. The molecule has 1 amide bonds. The van der Waals surface area contributed by atoms with Gasteiger partial charge in [-0.2, -0.15) is 0 Å². The molecule has 31 heavy (non-hydrogen) atoms. The standard InChI is InChI=1S/C21H26N4O4S2/c1-4-9-25(13-18-23-24-19(29-18)16-8-7-10-30-16)12-17(26)22-20-15(21(27)28-6-3)11-14(5-2)31-20/h7-8,10-11H,4-6,9,12-13H2,1-3H3,(H,22,26). The zero-order valence-corrected chi connectivity index (χ0v) is 19.5. The number of rotatable bonds is 11. The molecule has 166 valence electrons. The molecule has 0 spiro atoms. The van der Waals surface area contributed by atoms with E-state index in [4.69, 9.17) is 9.15 Å². The van der Waals surface area contributed by atoms with Gasteiger partial charge in [0.25, 0.3) is 5.89 Å². The van der Waals surface area contributed by atoms with Gasteiger partial charge >= 0.3 is 5.97 Å². The molecule has 0 aliphatic carbocycles. The Balaban J connectivity index is 1.66. The van der Waals surface area contributed by atoms with Crippen molar-refractivity contribution in [3.63, 3.8) is 0 Å². The van der Waals surface area contributed by atoms with Crippen LogP contribution in [0, 0.1) is 0 Å². The van der Waals surface area contributed by atoms with E-state index < -0.39 is 5.97 Å². The SMILES string of the molecule is CCCN(CC(=O)Nc1sc(CC)cc1C(=O)OCC)Cc1nnc(-c2cccs2)o1. The van der Waals surface area contributed by atoms with E-state index in [0.717, 1.165) is 22.6 Å². The molecule has 3 aromatic rings. The highest BCUT2D eigenvalue weighted by Crippen LogP contribution is 2.29. The quantitative estimate of drug-likeness (QED) is 0.420. The van der Waals surface area contributed by atoms with Gasteiger partial charge in [0, 0.05) is 4.88 Å². The number of ether oxygens (including phenoxy) is 1. The van der Waals surface area contributed by atoms with Gasteiger partial charge in [-0.15, -0.1) is 32.9 Å². The number of thiophene rings is 2. The molecule has 3 aromatic heterocycles. The molecular formula is C21H26N4O4S2. The summed E-state index contributed by atoms with van der Waals surface area (Å²) in [5.41, 5.74) is 0.400. The summed E-state index contributed by atoms with van der Waals surface area (Å²) < 4.78 is 10.9. The van der Waals surface area contributed by atoms with Crippen LogP contribution in [-0.2, 0) is 22.5 Å². The summed E-state index contributed by atoms with van der Waals surface area (Å²) in [6.07, 6.45) is 1.64. The molecule has 3 rings (SSSR count). The fourth-order valence-corrected chi connectivity index (χ4v) is 4.62. The Labute approximate surface area is 189 Å². The molecule has 0 saturated carbocycles. The first-order chi connectivity index (χ1) is 15.0. The summed E-state index contributed by atoms with van der Waals surface area (Å²) in [6.45, 7) is 7.30. The molecule has 0 aliphatic rings. The second-order valence-electron chi connectivity index (χ2n) is 6.77. The van der Waals surface area contributed by atoms with Gasteiger partial charge in [-0.1, -0.05) is 19.9 Å². The molecule has 0 aliphatic heterocycles. The number of carbonyl (C=O) groups excluding carboxylic acids is 2. The summed E-state index contributed by atoms with van der Waals surface area (Å²) >= 11 is 2.93. The lowest BCUT2D eigenvalue weighted by molar-refractivity contribution is -0.117. The van der Waals surface area contributed by atoms with Crippen LogP contribution in [-0.4, -0.2) is 46.7 Å². The summed E-state index contributed by atoms with van der Waals surface area (Å²) in [6, 6.07) is 5.63. The molecule has 0 bridgehead atoms. The van der Waals surface area contributed by atoms with Crippen LogP contribution in [0.5, 0.6) is 0 Å². The number of amides is 1. The van der Waals surface area contributed by atoms with Crippen molar-refractivity contribution in [2.24, 2.45) is 0 Å². The monoisotopic (exact) mass is 462 g/mol. The normalized spacial score (nSPS) is 11.1. The van der Waals surface area contributed by atoms with E-state index >= 15 is 0 Å². The second-order valence-corrected chi connectivity index (χ2v) is 8.85. The molecule has 0 radical (unpaired) electrons. The fourth-order valence-electron chi connectivity index (χ4n) is 2.98. The highest BCUT2D eigenvalue weighted by Gasteiger charge is 2.21. The predicted octanol–water partition coefficient (Wildman–Crippen LogP) is 4.45. The largest absolute Gasteiger partial charge is 0.462 e. The van der Waals surface area contributed by atoms with Crippen molar-refractivity contribution in [1.82, 2.24) is 15.1 Å². The van der Waals surface area contributed by atoms with Crippen molar-refractivity contribution in [2.45, 2.75) is 40.2 Å². The van der Waals surface area contributed by atoms with Crippen molar-refractivity contribution in [1.29, 1.82) is 0 Å². The van der Waals surface area contributed by atoms with Gasteiger partial charge < -0.3 is 14.5 Å². The molecule has 0 fully saturated rings. The van der Waals surface area contributed by atoms with Crippen LogP contribution in [0.25, 0.3) is 10.8 Å². The Bertz CT molecular complexity index is 997. The maximum Gasteiger partial charge on any atom is 0.341 e. The van der Waals surface area contributed by atoms with Crippen LogP contribution >= 0.6 is 22.7 Å². The first-order valence-electron chi connectivity index (χ1n) is 10.2. The number of carbonyl (C=O) groups is 2. The van der Waals surface area contributed by atoms with Crippen LogP contribution in [0.3, 0.4) is 0 Å². The van der Waals surface area contributed by atoms with Gasteiger partial charge in [-0.05, 0) is 43.8 Å². The minimum Gasteiger partial charge on any atom is -0.462 e. The van der Waals surface area contributed by atoms with E-state index in [1.807, 2.05) is 36.3 Å². The van der Waals surface area contributed by atoms with Gasteiger partial charge in [0.05, 0.1) is 30.1 Å². The minimum atomic E-state index is -0.425. The van der Waals surface area contributed by atoms with Crippen LogP contribution in [0.15, 0.2) is 28.0 Å². The first-order valence-corrected chi connectivity index (χ1v) is 11.9. The van der Waals surface area contributed by atoms with Crippen LogP contribution < -0.4 is 5.32 Å². The third-order valence-corrected chi connectivity index (χ3v) is 6.40. The van der Waals surface area contributed by atoms with Crippen LogP contribution in [0.2, 0.25) is 0 Å². The molecule has 0 unspecified atom stereocenters. The Kier molecular flexibility index (Phi) is 8.33. The third kappa shape index (κ3) is 6.22. The summed E-state index contributed by atoms with van der Waals surface area (Å²) in [7, 11) is 0. The van der Waals surface area contributed by atoms with Gasteiger partial charge in [-0.3, -0.25) is 9.69 Å². The third-order valence-electron chi connectivity index (χ3n) is 4.34. The van der Waals surface area contributed by atoms with Gasteiger partial charge in [0.1, 0.15) is 5.00 Å². The zero-order chi connectivity index (χ0) is 22.2. The summed E-state index contributed by atoms with van der Waals surface area (Å²) in [4.78, 5) is 28.9. The number of anilines is 1. The number of nitrogens with zero attached hydrogens (tertiary/aromatic N) is 3.